The van der Waals surface area contributed by atoms with Crippen LogP contribution < -0.4 is 0 Å². The Morgan fingerprint density at radius 2 is 1.56 bits per heavy atom. The third kappa shape index (κ3) is 3.48. The smallest absolute Gasteiger partial charge is 0.0161 e. The van der Waals surface area contributed by atoms with E-state index in [1.165, 1.54) is 32.4 Å². The zero-order chi connectivity index (χ0) is 17.8. The fourth-order valence-electron chi connectivity index (χ4n) is 7.94. The molecule has 1 aliphatic heterocycles. The molecule has 0 N–H and O–H groups in total. The first kappa shape index (κ1) is 19.8. The van der Waals surface area contributed by atoms with E-state index in [1.54, 1.807) is 44.1 Å². The van der Waals surface area contributed by atoms with Crippen LogP contribution in [0.3, 0.4) is 0 Å². The number of benzene rings is 1. The van der Waals surface area contributed by atoms with Gasteiger partial charge in [0.05, 0.1) is 0 Å². The van der Waals surface area contributed by atoms with Crippen molar-refractivity contribution in [2.45, 2.75) is 83.1 Å². The van der Waals surface area contributed by atoms with Crippen LogP contribution in [-0.2, 0) is 5.41 Å². The highest BCUT2D eigenvalue weighted by Gasteiger charge is 2.51. The highest BCUT2D eigenvalue weighted by Crippen LogP contribution is 2.61. The minimum atomic E-state index is 0. The van der Waals surface area contributed by atoms with Gasteiger partial charge in [-0.25, -0.2) is 0 Å². The van der Waals surface area contributed by atoms with Gasteiger partial charge in [-0.05, 0) is 107 Å². The van der Waals surface area contributed by atoms with E-state index >= 15 is 0 Å². The van der Waals surface area contributed by atoms with E-state index < -0.39 is 0 Å². The predicted octanol–water partition coefficient (Wildman–Crippen LogP) is 6.46. The molecule has 0 amide bonds. The van der Waals surface area contributed by atoms with Gasteiger partial charge >= 0.3 is 0 Å². The summed E-state index contributed by atoms with van der Waals surface area (Å²) in [4.78, 5) is 2.86. The van der Waals surface area contributed by atoms with Crippen molar-refractivity contribution in [1.82, 2.24) is 4.90 Å². The quantitative estimate of drug-likeness (QED) is 0.573. The molecule has 1 aromatic carbocycles. The van der Waals surface area contributed by atoms with E-state index in [0.717, 1.165) is 23.2 Å². The van der Waals surface area contributed by atoms with Gasteiger partial charge in [0.2, 0.25) is 0 Å². The van der Waals surface area contributed by atoms with Crippen LogP contribution in [0.1, 0.15) is 77.2 Å². The first-order chi connectivity index (χ1) is 12.6. The molecular weight excluding hydrogens is 350 g/mol. The van der Waals surface area contributed by atoms with Crippen LogP contribution in [0.5, 0.6) is 0 Å². The minimum absolute atomic E-state index is 0. The third-order valence-corrected chi connectivity index (χ3v) is 9.14. The molecule has 150 valence electrons. The Kier molecular flexibility index (Phi) is 5.40. The molecule has 0 radical (unpaired) electrons. The second-order valence-corrected chi connectivity index (χ2v) is 10.8. The fraction of sp³-hybridized carbons (Fsp3) is 0.760. The lowest BCUT2D eigenvalue weighted by Crippen LogP contribution is -2.53. The number of piperidine rings is 1. The van der Waals surface area contributed by atoms with Crippen molar-refractivity contribution < 1.29 is 0 Å². The number of rotatable bonds is 4. The highest BCUT2D eigenvalue weighted by atomic mass is 35.5. The summed E-state index contributed by atoms with van der Waals surface area (Å²) in [7, 11) is 0. The van der Waals surface area contributed by atoms with E-state index in [1.807, 2.05) is 0 Å². The second kappa shape index (κ2) is 7.38. The molecule has 2 heteroatoms. The summed E-state index contributed by atoms with van der Waals surface area (Å²) in [6, 6.07) is 12.0. The summed E-state index contributed by atoms with van der Waals surface area (Å²) in [5.41, 5.74) is 2.60. The molecule has 5 aliphatic rings. The summed E-state index contributed by atoms with van der Waals surface area (Å²) in [5, 5.41) is 0. The molecule has 1 heterocycles. The second-order valence-electron chi connectivity index (χ2n) is 10.8. The lowest BCUT2D eigenvalue weighted by atomic mass is 9.49. The topological polar surface area (TPSA) is 3.24 Å². The van der Waals surface area contributed by atoms with Gasteiger partial charge in [0.1, 0.15) is 0 Å². The molecule has 2 unspecified atom stereocenters. The van der Waals surface area contributed by atoms with Gasteiger partial charge in [-0.15, -0.1) is 12.4 Å². The molecule has 1 nitrogen and oxygen atoms in total. The number of hydrogen-bond donors (Lipinski definition) is 0. The molecule has 0 spiro atoms. The Hall–Kier alpha value is -0.530. The molecule has 4 aliphatic carbocycles. The van der Waals surface area contributed by atoms with Gasteiger partial charge in [0.25, 0.3) is 0 Å². The van der Waals surface area contributed by atoms with E-state index in [-0.39, 0.29) is 12.4 Å². The van der Waals surface area contributed by atoms with Crippen molar-refractivity contribution in [1.29, 1.82) is 0 Å². The van der Waals surface area contributed by atoms with Crippen LogP contribution in [0.25, 0.3) is 0 Å². The van der Waals surface area contributed by atoms with E-state index in [4.69, 9.17) is 0 Å². The van der Waals surface area contributed by atoms with Crippen molar-refractivity contribution in [2.24, 2.45) is 23.2 Å². The standard InChI is InChI=1S/C25H37N.ClH/c1-19-24(2,23-7-4-3-5-8-23)9-6-11-26(19)12-10-25-16-20-13-21(17-25)15-22(14-20)18-25;/h3-5,7-8,19-22H,6,9-18H2,1-2H3;1H. The number of nitrogens with zero attached hydrogens (tertiary/aromatic N) is 1. The summed E-state index contributed by atoms with van der Waals surface area (Å²) in [6.07, 6.45) is 13.6. The van der Waals surface area contributed by atoms with Gasteiger partial charge in [-0.2, -0.15) is 0 Å². The van der Waals surface area contributed by atoms with Crippen LogP contribution in [0.15, 0.2) is 30.3 Å². The number of likely N-dealkylation sites (tertiary alicyclic amines) is 1. The fourth-order valence-corrected chi connectivity index (χ4v) is 7.94. The van der Waals surface area contributed by atoms with Crippen LogP contribution in [0.4, 0.5) is 0 Å². The van der Waals surface area contributed by atoms with E-state index in [9.17, 15) is 0 Å². The minimum Gasteiger partial charge on any atom is -0.300 e. The normalized spacial score (nSPS) is 43.5. The van der Waals surface area contributed by atoms with Gasteiger partial charge in [-0.3, -0.25) is 4.90 Å². The van der Waals surface area contributed by atoms with Crippen molar-refractivity contribution in [3.63, 3.8) is 0 Å². The molecule has 5 fully saturated rings. The Bertz CT molecular complexity index is 606. The van der Waals surface area contributed by atoms with Gasteiger partial charge in [-0.1, -0.05) is 37.3 Å². The number of hydrogen-bond acceptors (Lipinski definition) is 1. The van der Waals surface area contributed by atoms with Crippen LogP contribution in [0.2, 0.25) is 0 Å². The van der Waals surface area contributed by atoms with E-state index in [2.05, 4.69) is 49.1 Å². The average Bonchev–Trinajstić information content (AvgIpc) is 2.63. The summed E-state index contributed by atoms with van der Waals surface area (Å²) >= 11 is 0. The Morgan fingerprint density at radius 3 is 2.15 bits per heavy atom. The maximum Gasteiger partial charge on any atom is 0.0161 e. The molecule has 4 bridgehead atoms. The molecule has 4 saturated carbocycles. The predicted molar refractivity (Wildman–Crippen MR) is 117 cm³/mol. The van der Waals surface area contributed by atoms with Crippen molar-refractivity contribution in [2.75, 3.05) is 13.1 Å². The van der Waals surface area contributed by atoms with Crippen molar-refractivity contribution in [3.05, 3.63) is 35.9 Å². The molecule has 1 aromatic rings. The molecule has 27 heavy (non-hydrogen) atoms. The van der Waals surface area contributed by atoms with Gasteiger partial charge in [0.15, 0.2) is 0 Å². The molecule has 2 atom stereocenters. The Morgan fingerprint density at radius 1 is 0.963 bits per heavy atom. The Balaban J connectivity index is 0.00000180. The van der Waals surface area contributed by atoms with Gasteiger partial charge < -0.3 is 0 Å². The first-order valence-corrected chi connectivity index (χ1v) is 11.4. The van der Waals surface area contributed by atoms with Crippen LogP contribution >= 0.6 is 12.4 Å². The van der Waals surface area contributed by atoms with Crippen molar-refractivity contribution >= 4 is 12.4 Å². The van der Waals surface area contributed by atoms with Crippen LogP contribution in [-0.4, -0.2) is 24.0 Å². The average molecular weight is 388 g/mol. The lowest BCUT2D eigenvalue weighted by Gasteiger charge is -2.58. The van der Waals surface area contributed by atoms with Crippen LogP contribution in [0, 0.1) is 23.2 Å². The van der Waals surface area contributed by atoms with E-state index in [0.29, 0.717) is 11.5 Å². The maximum absolute atomic E-state index is 2.86. The Labute approximate surface area is 172 Å². The summed E-state index contributed by atoms with van der Waals surface area (Å²) < 4.78 is 0. The van der Waals surface area contributed by atoms with Crippen molar-refractivity contribution in [3.8, 4) is 0 Å². The number of halogens is 1. The SMILES string of the molecule is CC1N(CCC23CC4CC(CC(C4)C2)C3)CCCC1(C)c1ccccc1.Cl. The molecule has 1 saturated heterocycles. The summed E-state index contributed by atoms with van der Waals surface area (Å²) in [6.45, 7) is 7.68. The molecule has 6 rings (SSSR count). The first-order valence-electron chi connectivity index (χ1n) is 11.4. The molecule has 0 aromatic heterocycles. The zero-order valence-corrected chi connectivity index (χ0v) is 18.1. The van der Waals surface area contributed by atoms with Gasteiger partial charge in [0, 0.05) is 11.5 Å². The maximum atomic E-state index is 2.86. The lowest BCUT2D eigenvalue weighted by molar-refractivity contribution is -0.0649. The molecular formula is C25H38ClN. The zero-order valence-electron chi connectivity index (χ0n) is 17.3. The largest absolute Gasteiger partial charge is 0.300 e. The summed E-state index contributed by atoms with van der Waals surface area (Å²) in [5.74, 6) is 3.28. The monoisotopic (exact) mass is 387 g/mol. The third-order valence-electron chi connectivity index (χ3n) is 9.14. The highest BCUT2D eigenvalue weighted by molar-refractivity contribution is 5.85.